The lowest BCUT2D eigenvalue weighted by Gasteiger charge is -2.38. The number of methoxy groups -OCH3 is 1. The lowest BCUT2D eigenvalue weighted by molar-refractivity contribution is 0.0535. The van der Waals surface area contributed by atoms with Gasteiger partial charge in [-0.05, 0) is 32.3 Å². The molecule has 154 valence electrons. The van der Waals surface area contributed by atoms with E-state index < -0.39 is 0 Å². The van der Waals surface area contributed by atoms with Gasteiger partial charge in [-0.1, -0.05) is 36.0 Å². The van der Waals surface area contributed by atoms with Gasteiger partial charge in [0.25, 0.3) is 5.56 Å². The Bertz CT molecular complexity index is 1070. The second kappa shape index (κ2) is 8.12. The first-order valence-electron chi connectivity index (χ1n) is 9.91. The third kappa shape index (κ3) is 3.86. The number of hydrogen-bond donors (Lipinski definition) is 1. The van der Waals surface area contributed by atoms with E-state index in [0.29, 0.717) is 29.9 Å². The van der Waals surface area contributed by atoms with E-state index in [4.69, 9.17) is 9.47 Å². The molecular weight excluding hydrogens is 388 g/mol. The van der Waals surface area contributed by atoms with Gasteiger partial charge in [-0.3, -0.25) is 4.79 Å². The van der Waals surface area contributed by atoms with Gasteiger partial charge in [-0.15, -0.1) is 5.10 Å². The van der Waals surface area contributed by atoms with Crippen LogP contribution in [0.2, 0.25) is 0 Å². The summed E-state index contributed by atoms with van der Waals surface area (Å²) in [6, 6.07) is 7.87. The van der Waals surface area contributed by atoms with Crippen LogP contribution < -0.4 is 15.6 Å². The molecule has 29 heavy (non-hydrogen) atoms. The van der Waals surface area contributed by atoms with E-state index in [1.165, 1.54) is 27.0 Å². The predicted molar refractivity (Wildman–Crippen MR) is 114 cm³/mol. The van der Waals surface area contributed by atoms with Crippen LogP contribution in [0.5, 0.6) is 5.75 Å². The summed E-state index contributed by atoms with van der Waals surface area (Å²) in [5, 5.41) is 8.61. The molecule has 0 unspecified atom stereocenters. The lowest BCUT2D eigenvalue weighted by atomic mass is 9.73. The molecule has 0 bridgehead atoms. The molecule has 1 N–H and O–H groups in total. The van der Waals surface area contributed by atoms with Crippen molar-refractivity contribution < 1.29 is 9.47 Å². The minimum atomic E-state index is -0.141. The second-order valence-corrected chi connectivity index (χ2v) is 8.45. The Morgan fingerprint density at radius 2 is 2.10 bits per heavy atom. The van der Waals surface area contributed by atoms with Gasteiger partial charge >= 0.3 is 0 Å². The number of fused-ring (bicyclic) bond motifs is 1. The molecule has 3 heterocycles. The molecule has 1 aliphatic rings. The highest BCUT2D eigenvalue weighted by Gasteiger charge is 2.37. The summed E-state index contributed by atoms with van der Waals surface area (Å²) >= 11 is 1.40. The normalized spacial score (nSPS) is 16.1. The van der Waals surface area contributed by atoms with Crippen molar-refractivity contribution in [1.82, 2.24) is 14.6 Å². The Morgan fingerprint density at radius 1 is 1.31 bits per heavy atom. The van der Waals surface area contributed by atoms with E-state index in [0.717, 1.165) is 30.7 Å². The number of ether oxygens (including phenoxy) is 2. The smallest absolute Gasteiger partial charge is 0.275 e. The van der Waals surface area contributed by atoms with E-state index in [-0.39, 0.29) is 11.0 Å². The molecule has 2 aromatic heterocycles. The SMILES string of the molecule is CCc1cc(=O)n2nc(NCC3(c4cc(C)ccc4OC)CCOCC3)sc2n1. The van der Waals surface area contributed by atoms with Gasteiger partial charge in [0, 0.05) is 42.5 Å². The average molecular weight is 415 g/mol. The molecule has 0 radical (unpaired) electrons. The lowest BCUT2D eigenvalue weighted by Crippen LogP contribution is -2.40. The van der Waals surface area contributed by atoms with Gasteiger partial charge in [0.1, 0.15) is 5.75 Å². The molecule has 0 spiro atoms. The molecule has 0 amide bonds. The summed E-state index contributed by atoms with van der Waals surface area (Å²) in [5.41, 5.74) is 2.92. The van der Waals surface area contributed by atoms with Crippen molar-refractivity contribution in [3.05, 3.63) is 51.4 Å². The number of rotatable bonds is 6. The van der Waals surface area contributed by atoms with Crippen molar-refractivity contribution in [1.29, 1.82) is 0 Å². The molecule has 0 aliphatic carbocycles. The highest BCUT2D eigenvalue weighted by Crippen LogP contribution is 2.40. The van der Waals surface area contributed by atoms with E-state index in [1.807, 2.05) is 13.0 Å². The van der Waals surface area contributed by atoms with Crippen LogP contribution in [-0.2, 0) is 16.6 Å². The standard InChI is InChI=1S/C21H26N4O3S/c1-4-15-12-18(26)25-20(23-15)29-19(24-25)22-13-21(7-9-28-10-8-21)16-11-14(2)5-6-17(16)27-3/h5-6,11-12H,4,7-10,13H2,1-3H3,(H,22,24). The summed E-state index contributed by atoms with van der Waals surface area (Å²) in [4.78, 5) is 17.4. The Labute approximate surface area is 173 Å². The summed E-state index contributed by atoms with van der Waals surface area (Å²) < 4.78 is 12.7. The quantitative estimate of drug-likeness (QED) is 0.667. The second-order valence-electron chi connectivity index (χ2n) is 7.49. The molecule has 3 aromatic rings. The highest BCUT2D eigenvalue weighted by molar-refractivity contribution is 7.20. The predicted octanol–water partition coefficient (Wildman–Crippen LogP) is 3.19. The molecule has 0 saturated carbocycles. The summed E-state index contributed by atoms with van der Waals surface area (Å²) in [6.07, 6.45) is 2.51. The van der Waals surface area contributed by atoms with Crippen molar-refractivity contribution in [2.75, 3.05) is 32.2 Å². The zero-order valence-corrected chi connectivity index (χ0v) is 17.8. The molecule has 1 fully saturated rings. The van der Waals surface area contributed by atoms with Crippen molar-refractivity contribution in [2.24, 2.45) is 0 Å². The molecular formula is C21H26N4O3S. The monoisotopic (exact) mass is 414 g/mol. The van der Waals surface area contributed by atoms with Crippen molar-refractivity contribution >= 4 is 21.4 Å². The third-order valence-corrected chi connectivity index (χ3v) is 6.48. The molecule has 4 rings (SSSR count). The number of aryl methyl sites for hydroxylation is 2. The molecule has 1 aliphatic heterocycles. The first kappa shape index (κ1) is 19.8. The van der Waals surface area contributed by atoms with Crippen LogP contribution >= 0.6 is 11.3 Å². The number of anilines is 1. The Balaban J connectivity index is 1.66. The van der Waals surface area contributed by atoms with Gasteiger partial charge in [-0.2, -0.15) is 4.52 Å². The fourth-order valence-electron chi connectivity index (χ4n) is 3.89. The van der Waals surface area contributed by atoms with Crippen LogP contribution in [0.15, 0.2) is 29.1 Å². The zero-order chi connectivity index (χ0) is 20.4. The minimum Gasteiger partial charge on any atom is -0.496 e. The first-order valence-corrected chi connectivity index (χ1v) is 10.7. The number of aromatic nitrogens is 3. The van der Waals surface area contributed by atoms with Crippen molar-refractivity contribution in [3.8, 4) is 5.75 Å². The Kier molecular flexibility index (Phi) is 5.56. The van der Waals surface area contributed by atoms with Crippen LogP contribution in [-0.4, -0.2) is 41.5 Å². The van der Waals surface area contributed by atoms with E-state index in [1.54, 1.807) is 13.2 Å². The topological polar surface area (TPSA) is 77.8 Å². The molecule has 1 saturated heterocycles. The van der Waals surface area contributed by atoms with Crippen molar-refractivity contribution in [2.45, 2.75) is 38.5 Å². The van der Waals surface area contributed by atoms with Gasteiger partial charge in [0.05, 0.1) is 7.11 Å². The Hall–Kier alpha value is -2.45. The van der Waals surface area contributed by atoms with Crippen LogP contribution in [0.3, 0.4) is 0 Å². The maximum Gasteiger partial charge on any atom is 0.275 e. The zero-order valence-electron chi connectivity index (χ0n) is 17.0. The fourth-order valence-corrected chi connectivity index (χ4v) is 4.71. The maximum absolute atomic E-state index is 12.3. The summed E-state index contributed by atoms with van der Waals surface area (Å²) in [7, 11) is 1.71. The van der Waals surface area contributed by atoms with E-state index in [9.17, 15) is 4.79 Å². The van der Waals surface area contributed by atoms with Gasteiger partial charge < -0.3 is 14.8 Å². The summed E-state index contributed by atoms with van der Waals surface area (Å²) in [5.74, 6) is 0.897. The number of nitrogens with zero attached hydrogens (tertiary/aromatic N) is 3. The molecule has 7 nitrogen and oxygen atoms in total. The first-order chi connectivity index (χ1) is 14.0. The number of benzene rings is 1. The van der Waals surface area contributed by atoms with Crippen LogP contribution in [0.1, 0.15) is 36.6 Å². The number of hydrogen-bond acceptors (Lipinski definition) is 7. The maximum atomic E-state index is 12.3. The summed E-state index contributed by atoms with van der Waals surface area (Å²) in [6.45, 7) is 6.19. The molecule has 8 heteroatoms. The third-order valence-electron chi connectivity index (χ3n) is 5.61. The molecule has 0 atom stereocenters. The Morgan fingerprint density at radius 3 is 2.83 bits per heavy atom. The molecule has 1 aromatic carbocycles. The van der Waals surface area contributed by atoms with Gasteiger partial charge in [-0.25, -0.2) is 4.98 Å². The van der Waals surface area contributed by atoms with E-state index >= 15 is 0 Å². The van der Waals surface area contributed by atoms with E-state index in [2.05, 4.69) is 34.5 Å². The van der Waals surface area contributed by atoms with Crippen LogP contribution in [0, 0.1) is 6.92 Å². The van der Waals surface area contributed by atoms with Crippen LogP contribution in [0.25, 0.3) is 4.96 Å². The van der Waals surface area contributed by atoms with Crippen molar-refractivity contribution in [3.63, 3.8) is 0 Å². The largest absolute Gasteiger partial charge is 0.496 e. The number of nitrogens with one attached hydrogen (secondary N) is 1. The fraction of sp³-hybridized carbons (Fsp3) is 0.476. The minimum absolute atomic E-state index is 0.125. The van der Waals surface area contributed by atoms with Crippen LogP contribution in [0.4, 0.5) is 5.13 Å². The van der Waals surface area contributed by atoms with Gasteiger partial charge in [0.15, 0.2) is 0 Å². The average Bonchev–Trinajstić information content (AvgIpc) is 3.16. The van der Waals surface area contributed by atoms with Gasteiger partial charge in [0.2, 0.25) is 10.1 Å². The highest BCUT2D eigenvalue weighted by atomic mass is 32.1.